The van der Waals surface area contributed by atoms with Gasteiger partial charge in [-0.15, -0.1) is 0 Å². The van der Waals surface area contributed by atoms with Crippen LogP contribution in [0.2, 0.25) is 0 Å². The summed E-state index contributed by atoms with van der Waals surface area (Å²) in [5, 5.41) is 4.38. The number of carbonyl (C=O) groups excluding carboxylic acids is 1. The molecule has 3 heterocycles. The predicted molar refractivity (Wildman–Crippen MR) is 96.3 cm³/mol. The first-order valence-electron chi connectivity index (χ1n) is 9.07. The standard InChI is InChI=1S/C20H20N4O2/c1-13-18(26-19(22-13)14-7-8-14)20(25)23-12-16(24-10-4-9-21-24)11-15-5-2-3-6-17(15)23/h2-6,9-10,14,16H,7-8,11-12H2,1H3/t16-/m0/s1. The number of para-hydroxylation sites is 1. The maximum absolute atomic E-state index is 13.3. The number of oxazole rings is 1. The molecule has 132 valence electrons. The summed E-state index contributed by atoms with van der Waals surface area (Å²) in [5.41, 5.74) is 2.77. The molecule has 6 heteroatoms. The Morgan fingerprint density at radius 3 is 2.85 bits per heavy atom. The lowest BCUT2D eigenvalue weighted by Crippen LogP contribution is -2.41. The van der Waals surface area contributed by atoms with Crippen molar-refractivity contribution < 1.29 is 9.21 Å². The van der Waals surface area contributed by atoms with E-state index >= 15 is 0 Å². The second-order valence-electron chi connectivity index (χ2n) is 7.13. The molecule has 0 N–H and O–H groups in total. The Kier molecular flexibility index (Phi) is 3.45. The lowest BCUT2D eigenvalue weighted by molar-refractivity contribution is 0.0950. The molecule has 5 rings (SSSR count). The Bertz CT molecular complexity index is 956. The molecular weight excluding hydrogens is 328 g/mol. The van der Waals surface area contributed by atoms with Crippen molar-refractivity contribution >= 4 is 11.6 Å². The highest BCUT2D eigenvalue weighted by Gasteiger charge is 2.35. The molecule has 1 atom stereocenters. The van der Waals surface area contributed by atoms with Crippen LogP contribution in [-0.4, -0.2) is 27.2 Å². The maximum atomic E-state index is 13.3. The Balaban J connectivity index is 1.52. The maximum Gasteiger partial charge on any atom is 0.296 e. The van der Waals surface area contributed by atoms with Gasteiger partial charge in [-0.25, -0.2) is 4.98 Å². The van der Waals surface area contributed by atoms with Crippen LogP contribution in [0.1, 0.15) is 52.5 Å². The molecule has 0 bridgehead atoms. The molecule has 1 aliphatic carbocycles. The zero-order chi connectivity index (χ0) is 17.7. The van der Waals surface area contributed by atoms with Crippen molar-refractivity contribution in [1.29, 1.82) is 0 Å². The summed E-state index contributed by atoms with van der Waals surface area (Å²) in [6.07, 6.45) is 6.77. The van der Waals surface area contributed by atoms with Crippen LogP contribution in [0.25, 0.3) is 0 Å². The minimum atomic E-state index is -0.119. The van der Waals surface area contributed by atoms with Gasteiger partial charge < -0.3 is 9.32 Å². The van der Waals surface area contributed by atoms with Crippen LogP contribution in [0.5, 0.6) is 0 Å². The van der Waals surface area contributed by atoms with Crippen LogP contribution in [0.3, 0.4) is 0 Å². The van der Waals surface area contributed by atoms with Gasteiger partial charge in [0.1, 0.15) is 0 Å². The van der Waals surface area contributed by atoms with Gasteiger partial charge in [0.15, 0.2) is 5.89 Å². The van der Waals surface area contributed by atoms with Crippen molar-refractivity contribution in [2.24, 2.45) is 0 Å². The van der Waals surface area contributed by atoms with Gasteiger partial charge in [-0.05, 0) is 43.9 Å². The molecule has 2 aromatic heterocycles. The Morgan fingerprint density at radius 2 is 2.08 bits per heavy atom. The third-order valence-corrected chi connectivity index (χ3v) is 5.21. The first-order chi connectivity index (χ1) is 12.7. The number of aromatic nitrogens is 3. The number of carbonyl (C=O) groups is 1. The van der Waals surface area contributed by atoms with Gasteiger partial charge in [0.2, 0.25) is 5.76 Å². The molecule has 2 aliphatic rings. The number of hydrogen-bond donors (Lipinski definition) is 0. The van der Waals surface area contributed by atoms with Gasteiger partial charge in [0.25, 0.3) is 5.91 Å². The summed E-state index contributed by atoms with van der Waals surface area (Å²) in [4.78, 5) is 19.6. The molecule has 1 aliphatic heterocycles. The average molecular weight is 348 g/mol. The fourth-order valence-corrected chi connectivity index (χ4v) is 3.68. The van der Waals surface area contributed by atoms with E-state index in [4.69, 9.17) is 4.42 Å². The smallest absolute Gasteiger partial charge is 0.296 e. The van der Waals surface area contributed by atoms with Crippen LogP contribution >= 0.6 is 0 Å². The number of aryl methyl sites for hydroxylation is 1. The van der Waals surface area contributed by atoms with Crippen molar-refractivity contribution in [3.63, 3.8) is 0 Å². The van der Waals surface area contributed by atoms with E-state index in [2.05, 4.69) is 16.1 Å². The largest absolute Gasteiger partial charge is 0.435 e. The predicted octanol–water partition coefficient (Wildman–Crippen LogP) is 3.50. The van der Waals surface area contributed by atoms with E-state index in [9.17, 15) is 4.79 Å². The molecule has 26 heavy (non-hydrogen) atoms. The summed E-state index contributed by atoms with van der Waals surface area (Å²) >= 11 is 0. The third-order valence-electron chi connectivity index (χ3n) is 5.21. The Labute approximate surface area is 151 Å². The van der Waals surface area contributed by atoms with Crippen molar-refractivity contribution in [3.05, 3.63) is 65.6 Å². The van der Waals surface area contributed by atoms with Crippen molar-refractivity contribution in [3.8, 4) is 0 Å². The quantitative estimate of drug-likeness (QED) is 0.727. The highest BCUT2D eigenvalue weighted by Crippen LogP contribution is 2.40. The number of hydrogen-bond acceptors (Lipinski definition) is 4. The number of fused-ring (bicyclic) bond motifs is 1. The molecule has 0 unspecified atom stereocenters. The summed E-state index contributed by atoms with van der Waals surface area (Å²) in [6, 6.07) is 10.1. The van der Waals surface area contributed by atoms with E-state index in [1.54, 1.807) is 6.20 Å². The molecule has 1 saturated carbocycles. The van der Waals surface area contributed by atoms with Gasteiger partial charge in [0.05, 0.1) is 11.7 Å². The minimum Gasteiger partial charge on any atom is -0.435 e. The highest BCUT2D eigenvalue weighted by molar-refractivity contribution is 6.05. The molecule has 1 fully saturated rings. The zero-order valence-corrected chi connectivity index (χ0v) is 14.6. The van der Waals surface area contributed by atoms with Gasteiger partial charge in [-0.3, -0.25) is 9.48 Å². The van der Waals surface area contributed by atoms with Gasteiger partial charge in [0, 0.05) is 30.5 Å². The van der Waals surface area contributed by atoms with Gasteiger partial charge >= 0.3 is 0 Å². The van der Waals surface area contributed by atoms with E-state index in [-0.39, 0.29) is 11.9 Å². The Hall–Kier alpha value is -2.89. The molecule has 1 aromatic carbocycles. The van der Waals surface area contributed by atoms with Crippen LogP contribution < -0.4 is 4.90 Å². The summed E-state index contributed by atoms with van der Waals surface area (Å²) in [5.74, 6) is 1.34. The lowest BCUT2D eigenvalue weighted by Gasteiger charge is -2.34. The fourth-order valence-electron chi connectivity index (χ4n) is 3.68. The summed E-state index contributed by atoms with van der Waals surface area (Å²) < 4.78 is 7.80. The fraction of sp³-hybridized carbons (Fsp3) is 0.350. The van der Waals surface area contributed by atoms with E-state index < -0.39 is 0 Å². The first kappa shape index (κ1) is 15.4. The molecular formula is C20H20N4O2. The first-order valence-corrected chi connectivity index (χ1v) is 9.07. The highest BCUT2D eigenvalue weighted by atomic mass is 16.4. The second-order valence-corrected chi connectivity index (χ2v) is 7.13. The summed E-state index contributed by atoms with van der Waals surface area (Å²) in [7, 11) is 0. The Morgan fingerprint density at radius 1 is 1.23 bits per heavy atom. The van der Waals surface area contributed by atoms with Crippen LogP contribution in [0.15, 0.2) is 47.1 Å². The molecule has 0 radical (unpaired) electrons. The van der Waals surface area contributed by atoms with Crippen molar-refractivity contribution in [1.82, 2.24) is 14.8 Å². The number of benzene rings is 1. The van der Waals surface area contributed by atoms with E-state index in [0.29, 0.717) is 29.8 Å². The topological polar surface area (TPSA) is 64.2 Å². The van der Waals surface area contributed by atoms with E-state index in [0.717, 1.165) is 30.5 Å². The normalized spacial score (nSPS) is 19.4. The number of amides is 1. The minimum absolute atomic E-state index is 0.106. The molecule has 0 spiro atoms. The molecule has 0 saturated heterocycles. The zero-order valence-electron chi connectivity index (χ0n) is 14.6. The lowest BCUT2D eigenvalue weighted by atomic mass is 9.97. The van der Waals surface area contributed by atoms with Gasteiger partial charge in [-0.2, -0.15) is 5.10 Å². The van der Waals surface area contributed by atoms with E-state index in [1.807, 2.05) is 47.0 Å². The van der Waals surface area contributed by atoms with E-state index in [1.165, 1.54) is 0 Å². The van der Waals surface area contributed by atoms with Crippen molar-refractivity contribution in [2.75, 3.05) is 11.4 Å². The number of anilines is 1. The molecule has 3 aromatic rings. The SMILES string of the molecule is Cc1nc(C2CC2)oc1C(=O)N1C[C@@H](n2cccn2)Cc2ccccc21. The monoisotopic (exact) mass is 348 g/mol. The number of rotatable bonds is 3. The van der Waals surface area contributed by atoms with Crippen molar-refractivity contribution in [2.45, 2.75) is 38.1 Å². The van der Waals surface area contributed by atoms with Crippen LogP contribution in [-0.2, 0) is 6.42 Å². The molecule has 6 nitrogen and oxygen atoms in total. The average Bonchev–Trinajstić information content (AvgIpc) is 3.22. The van der Waals surface area contributed by atoms with Crippen LogP contribution in [0.4, 0.5) is 5.69 Å². The third kappa shape index (κ3) is 2.53. The van der Waals surface area contributed by atoms with Gasteiger partial charge in [-0.1, -0.05) is 18.2 Å². The summed E-state index contributed by atoms with van der Waals surface area (Å²) in [6.45, 7) is 2.42. The van der Waals surface area contributed by atoms with Crippen LogP contribution in [0, 0.1) is 6.92 Å². The second kappa shape index (κ2) is 5.83. The number of nitrogens with zero attached hydrogens (tertiary/aromatic N) is 4. The molecule has 1 amide bonds.